The van der Waals surface area contributed by atoms with Gasteiger partial charge in [0.15, 0.2) is 11.5 Å². The summed E-state index contributed by atoms with van der Waals surface area (Å²) < 4.78 is 10.8. The summed E-state index contributed by atoms with van der Waals surface area (Å²) in [5.41, 5.74) is 2.31. The van der Waals surface area contributed by atoms with Crippen molar-refractivity contribution in [2.45, 2.75) is 13.5 Å². The lowest BCUT2D eigenvalue weighted by atomic mass is 10.1. The van der Waals surface area contributed by atoms with Gasteiger partial charge in [-0.1, -0.05) is 12.1 Å². The smallest absolute Gasteiger partial charge is 0.256 e. The Kier molecular flexibility index (Phi) is 5.16. The summed E-state index contributed by atoms with van der Waals surface area (Å²) in [6.07, 6.45) is 0. The number of amides is 2. The summed E-state index contributed by atoms with van der Waals surface area (Å²) in [7, 11) is 0. The summed E-state index contributed by atoms with van der Waals surface area (Å²) in [5.74, 6) is 1.39. The first-order valence-corrected chi connectivity index (χ1v) is 9.48. The zero-order chi connectivity index (χ0) is 19.5. The number of carbonyl (C=O) groups is 2. The van der Waals surface area contributed by atoms with Crippen molar-refractivity contribution in [1.82, 2.24) is 4.90 Å². The van der Waals surface area contributed by atoms with E-state index >= 15 is 0 Å². The number of para-hydroxylation sites is 1. The largest absolute Gasteiger partial charge is 0.454 e. The Bertz CT molecular complexity index is 891. The Labute approximate surface area is 163 Å². The Morgan fingerprint density at radius 1 is 1.07 bits per heavy atom. The van der Waals surface area contributed by atoms with Crippen molar-refractivity contribution in [2.24, 2.45) is 0 Å². The molecule has 0 spiro atoms. The number of carbonyl (C=O) groups excluding carboxylic acids is 2. The van der Waals surface area contributed by atoms with Gasteiger partial charge in [-0.15, -0.1) is 0 Å². The van der Waals surface area contributed by atoms with Crippen molar-refractivity contribution in [1.29, 1.82) is 0 Å². The second-order valence-corrected chi connectivity index (χ2v) is 7.13. The van der Waals surface area contributed by atoms with Crippen LogP contribution in [0.25, 0.3) is 0 Å². The molecule has 7 nitrogen and oxygen atoms in total. The molecule has 0 atom stereocenters. The minimum Gasteiger partial charge on any atom is -0.454 e. The summed E-state index contributed by atoms with van der Waals surface area (Å²) >= 11 is 0. The first-order valence-electron chi connectivity index (χ1n) is 9.48. The van der Waals surface area contributed by atoms with E-state index in [0.717, 1.165) is 31.1 Å². The van der Waals surface area contributed by atoms with Crippen LogP contribution in [0.1, 0.15) is 22.8 Å². The van der Waals surface area contributed by atoms with Crippen molar-refractivity contribution >= 4 is 17.5 Å². The van der Waals surface area contributed by atoms with Gasteiger partial charge in [-0.2, -0.15) is 0 Å². The fraction of sp³-hybridized carbons (Fsp3) is 0.333. The average Bonchev–Trinajstić information content (AvgIpc) is 3.16. The number of anilines is 1. The highest BCUT2D eigenvalue weighted by molar-refractivity contribution is 6.03. The molecule has 28 heavy (non-hydrogen) atoms. The fourth-order valence-electron chi connectivity index (χ4n) is 3.68. The molecule has 2 heterocycles. The highest BCUT2D eigenvalue weighted by Crippen LogP contribution is 2.32. The van der Waals surface area contributed by atoms with Crippen molar-refractivity contribution in [3.8, 4) is 11.5 Å². The Morgan fingerprint density at radius 3 is 2.61 bits per heavy atom. The molecule has 1 saturated heterocycles. The van der Waals surface area contributed by atoms with Gasteiger partial charge in [0.25, 0.3) is 5.91 Å². The number of quaternary nitrogens is 1. The van der Waals surface area contributed by atoms with E-state index in [9.17, 15) is 9.59 Å². The van der Waals surface area contributed by atoms with E-state index in [4.69, 9.17) is 9.47 Å². The molecule has 2 aliphatic rings. The predicted molar refractivity (Wildman–Crippen MR) is 104 cm³/mol. The maximum Gasteiger partial charge on any atom is 0.256 e. The van der Waals surface area contributed by atoms with Crippen LogP contribution in [0.15, 0.2) is 42.5 Å². The number of ether oxygens (including phenoxy) is 2. The van der Waals surface area contributed by atoms with Crippen molar-refractivity contribution in [3.05, 3.63) is 53.6 Å². The fourth-order valence-corrected chi connectivity index (χ4v) is 3.68. The second kappa shape index (κ2) is 7.90. The van der Waals surface area contributed by atoms with Crippen LogP contribution >= 0.6 is 0 Å². The monoisotopic (exact) mass is 382 g/mol. The maximum absolute atomic E-state index is 12.9. The Hall–Kier alpha value is -3.06. The normalized spacial score (nSPS) is 16.1. The quantitative estimate of drug-likeness (QED) is 0.825. The first kappa shape index (κ1) is 18.3. The second-order valence-electron chi connectivity index (χ2n) is 7.13. The van der Waals surface area contributed by atoms with Gasteiger partial charge in [0.1, 0.15) is 6.54 Å². The van der Waals surface area contributed by atoms with Crippen molar-refractivity contribution < 1.29 is 24.0 Å². The topological polar surface area (TPSA) is 72.3 Å². The highest BCUT2D eigenvalue weighted by Gasteiger charge is 2.26. The molecule has 0 saturated carbocycles. The number of benzene rings is 2. The molecule has 1 fully saturated rings. The lowest BCUT2D eigenvalue weighted by Gasteiger charge is -2.32. The van der Waals surface area contributed by atoms with Crippen LogP contribution in [-0.2, 0) is 11.3 Å². The number of nitrogens with zero attached hydrogens (tertiary/aromatic N) is 1. The molecule has 0 aromatic heterocycles. The third-order valence-electron chi connectivity index (χ3n) is 5.12. The predicted octanol–water partition coefficient (Wildman–Crippen LogP) is 0.915. The third-order valence-corrected chi connectivity index (χ3v) is 5.12. The molecule has 2 aromatic rings. The standard InChI is InChI=1S/C21H23N3O4/c1-15(25)22-18-5-3-2-4-17(18)21(26)24-10-8-23(9-11-24)13-16-6-7-19-20(12-16)28-14-27-19/h2-7,12H,8-11,13-14H2,1H3,(H,22,25)/p+1. The third kappa shape index (κ3) is 3.94. The van der Waals surface area contributed by atoms with Gasteiger partial charge >= 0.3 is 0 Å². The van der Waals surface area contributed by atoms with Gasteiger partial charge in [0, 0.05) is 12.5 Å². The van der Waals surface area contributed by atoms with Crippen LogP contribution in [0.3, 0.4) is 0 Å². The van der Waals surface area contributed by atoms with E-state index < -0.39 is 0 Å². The molecule has 4 rings (SSSR count). The molecule has 2 N–H and O–H groups in total. The van der Waals surface area contributed by atoms with Gasteiger partial charge in [0.2, 0.25) is 12.7 Å². The van der Waals surface area contributed by atoms with Crippen LogP contribution in [0, 0.1) is 0 Å². The molecule has 2 amide bonds. The van der Waals surface area contributed by atoms with Crippen LogP contribution in [0.2, 0.25) is 0 Å². The molecule has 2 aliphatic heterocycles. The van der Waals surface area contributed by atoms with Gasteiger partial charge in [-0.25, -0.2) is 0 Å². The maximum atomic E-state index is 12.9. The molecule has 0 bridgehead atoms. The molecule has 0 unspecified atom stereocenters. The number of hydrogen-bond acceptors (Lipinski definition) is 4. The Balaban J connectivity index is 1.36. The molecule has 0 aliphatic carbocycles. The zero-order valence-corrected chi connectivity index (χ0v) is 15.9. The number of piperazine rings is 1. The van der Waals surface area contributed by atoms with Gasteiger partial charge in [-0.3, -0.25) is 9.59 Å². The minimum absolute atomic E-state index is 0.0357. The van der Waals surface area contributed by atoms with Gasteiger partial charge in [-0.05, 0) is 30.3 Å². The molecular weight excluding hydrogens is 358 g/mol. The van der Waals surface area contributed by atoms with E-state index in [-0.39, 0.29) is 18.6 Å². The van der Waals surface area contributed by atoms with Crippen LogP contribution in [-0.4, -0.2) is 49.7 Å². The molecule has 146 valence electrons. The van der Waals surface area contributed by atoms with Gasteiger partial charge in [0.05, 0.1) is 37.4 Å². The van der Waals surface area contributed by atoms with Crippen LogP contribution < -0.4 is 19.7 Å². The lowest BCUT2D eigenvalue weighted by Crippen LogP contribution is -3.13. The van der Waals surface area contributed by atoms with Crippen molar-refractivity contribution in [3.63, 3.8) is 0 Å². The molecule has 7 heteroatoms. The summed E-state index contributed by atoms with van der Waals surface area (Å²) in [5, 5.41) is 2.74. The average molecular weight is 382 g/mol. The number of hydrogen-bond donors (Lipinski definition) is 2. The van der Waals surface area contributed by atoms with E-state index in [1.165, 1.54) is 17.4 Å². The summed E-state index contributed by atoms with van der Waals surface area (Å²) in [4.78, 5) is 27.6. The van der Waals surface area contributed by atoms with Crippen molar-refractivity contribution in [2.75, 3.05) is 38.3 Å². The summed E-state index contributed by atoms with van der Waals surface area (Å²) in [6, 6.07) is 13.2. The SMILES string of the molecule is CC(=O)Nc1ccccc1C(=O)N1CC[NH+](Cc2ccc3c(c2)OCO3)CC1. The van der Waals surface area contributed by atoms with Crippen LogP contribution in [0.5, 0.6) is 11.5 Å². The van der Waals surface area contributed by atoms with Crippen LogP contribution in [0.4, 0.5) is 5.69 Å². The minimum atomic E-state index is -0.182. The van der Waals surface area contributed by atoms with E-state index in [1.807, 2.05) is 29.2 Å². The molecule has 2 aromatic carbocycles. The van der Waals surface area contributed by atoms with E-state index in [0.29, 0.717) is 24.3 Å². The molecular formula is C21H24N3O4+. The number of rotatable bonds is 4. The van der Waals surface area contributed by atoms with E-state index in [2.05, 4.69) is 11.4 Å². The van der Waals surface area contributed by atoms with Gasteiger partial charge < -0.3 is 24.6 Å². The highest BCUT2D eigenvalue weighted by atomic mass is 16.7. The molecule has 0 radical (unpaired) electrons. The first-order chi connectivity index (χ1) is 13.6. The lowest BCUT2D eigenvalue weighted by molar-refractivity contribution is -0.917. The number of nitrogens with one attached hydrogen (secondary N) is 2. The Morgan fingerprint density at radius 2 is 1.82 bits per heavy atom. The summed E-state index contributed by atoms with van der Waals surface area (Å²) in [6.45, 7) is 5.75. The van der Waals surface area contributed by atoms with E-state index in [1.54, 1.807) is 12.1 Å². The zero-order valence-electron chi connectivity index (χ0n) is 15.9. The number of fused-ring (bicyclic) bond motifs is 1.